The fourth-order valence-corrected chi connectivity index (χ4v) is 5.09. The van der Waals surface area contributed by atoms with Crippen molar-refractivity contribution < 1.29 is 9.59 Å². The van der Waals surface area contributed by atoms with Crippen molar-refractivity contribution >= 4 is 23.4 Å². The van der Waals surface area contributed by atoms with E-state index >= 15 is 0 Å². The number of allylic oxidation sites excluding steroid dienone is 2. The van der Waals surface area contributed by atoms with Gasteiger partial charge < -0.3 is 0 Å². The molecule has 6 rings (SSSR count). The van der Waals surface area contributed by atoms with Crippen molar-refractivity contribution in [3.8, 4) is 0 Å². The third kappa shape index (κ3) is 1.99. The van der Waals surface area contributed by atoms with Gasteiger partial charge in [0, 0.05) is 16.9 Å². The Bertz CT molecular complexity index is 921. The first kappa shape index (κ1) is 14.9. The van der Waals surface area contributed by atoms with Gasteiger partial charge in [-0.1, -0.05) is 72.3 Å². The van der Waals surface area contributed by atoms with Crippen molar-refractivity contribution in [1.29, 1.82) is 0 Å². The predicted octanol–water partition coefficient (Wildman–Crippen LogP) is 3.81. The fraction of sp³-hybridized carbons (Fsp3) is 0.238. The van der Waals surface area contributed by atoms with Gasteiger partial charge in [-0.2, -0.15) is 0 Å². The van der Waals surface area contributed by atoms with E-state index in [0.29, 0.717) is 11.6 Å². The van der Waals surface area contributed by atoms with Crippen LogP contribution in [0.1, 0.15) is 28.5 Å². The molecule has 0 saturated carbocycles. The summed E-state index contributed by atoms with van der Waals surface area (Å²) in [6, 6.07) is 17.7. The Morgan fingerprint density at radius 3 is 2.24 bits per heavy atom. The first-order chi connectivity index (χ1) is 12.2. The molecule has 4 aliphatic rings. The molecule has 0 aromatic heterocycles. The molecule has 0 N–H and O–H groups in total. The van der Waals surface area contributed by atoms with Crippen LogP contribution >= 0.6 is 11.6 Å². The Labute approximate surface area is 150 Å². The van der Waals surface area contributed by atoms with Gasteiger partial charge in [0.1, 0.15) is 0 Å². The molecule has 2 aromatic carbocycles. The number of hydrogen-bond donors (Lipinski definition) is 0. The molecule has 0 radical (unpaired) electrons. The highest BCUT2D eigenvalue weighted by atomic mass is 35.5. The predicted molar refractivity (Wildman–Crippen MR) is 94.8 cm³/mol. The number of benzene rings is 2. The van der Waals surface area contributed by atoms with Crippen molar-refractivity contribution in [2.45, 2.75) is 18.4 Å². The highest BCUT2D eigenvalue weighted by Gasteiger charge is 2.59. The van der Waals surface area contributed by atoms with Crippen LogP contribution in [0.5, 0.6) is 0 Å². The minimum atomic E-state index is -0.367. The lowest BCUT2D eigenvalue weighted by Gasteiger charge is -2.42. The van der Waals surface area contributed by atoms with Crippen LogP contribution < -0.4 is 0 Å². The highest BCUT2D eigenvalue weighted by molar-refractivity contribution is 6.31. The molecule has 1 aliphatic heterocycles. The zero-order valence-electron chi connectivity index (χ0n) is 13.4. The van der Waals surface area contributed by atoms with Gasteiger partial charge in [-0.3, -0.25) is 14.5 Å². The van der Waals surface area contributed by atoms with E-state index < -0.39 is 0 Å². The molecule has 1 heterocycles. The van der Waals surface area contributed by atoms with E-state index in [0.717, 1.165) is 16.7 Å². The second kappa shape index (κ2) is 5.30. The van der Waals surface area contributed by atoms with Crippen molar-refractivity contribution in [3.63, 3.8) is 0 Å². The highest BCUT2D eigenvalue weighted by Crippen LogP contribution is 2.59. The summed E-state index contributed by atoms with van der Waals surface area (Å²) in [5, 5.41) is 0.702. The SMILES string of the molecule is O=C1[C@@H]2[C@@H](C(=O)N1Cc1ccccc1)[C@H]1C(Cl)=C[C@@H]2c2ccccc21. The Kier molecular flexibility index (Phi) is 3.16. The first-order valence-electron chi connectivity index (χ1n) is 8.52. The van der Waals surface area contributed by atoms with Gasteiger partial charge in [0.2, 0.25) is 11.8 Å². The monoisotopic (exact) mass is 349 g/mol. The normalized spacial score (nSPS) is 29.5. The lowest BCUT2D eigenvalue weighted by atomic mass is 9.60. The first-order valence-corrected chi connectivity index (χ1v) is 8.90. The minimum Gasteiger partial charge on any atom is -0.278 e. The maximum atomic E-state index is 13.1. The van der Waals surface area contributed by atoms with Gasteiger partial charge in [0.15, 0.2) is 0 Å². The number of hydrogen-bond acceptors (Lipinski definition) is 2. The van der Waals surface area contributed by atoms with Gasteiger partial charge in [-0.25, -0.2) is 0 Å². The molecular weight excluding hydrogens is 334 g/mol. The lowest BCUT2D eigenvalue weighted by molar-refractivity contribution is -0.140. The average molecular weight is 350 g/mol. The quantitative estimate of drug-likeness (QED) is 0.773. The molecule has 2 aromatic rings. The second-order valence-electron chi connectivity index (χ2n) is 6.98. The zero-order chi connectivity index (χ0) is 17.1. The molecule has 25 heavy (non-hydrogen) atoms. The zero-order valence-corrected chi connectivity index (χ0v) is 14.2. The van der Waals surface area contributed by atoms with Crippen LogP contribution in [0, 0.1) is 11.8 Å². The number of rotatable bonds is 2. The summed E-state index contributed by atoms with van der Waals surface area (Å²) in [5.41, 5.74) is 3.21. The van der Waals surface area contributed by atoms with Crippen molar-refractivity contribution in [2.24, 2.45) is 11.8 Å². The summed E-state index contributed by atoms with van der Waals surface area (Å²) >= 11 is 6.51. The van der Waals surface area contributed by atoms with Gasteiger partial charge in [0.05, 0.1) is 18.4 Å². The van der Waals surface area contributed by atoms with E-state index in [2.05, 4.69) is 6.07 Å². The van der Waals surface area contributed by atoms with Crippen LogP contribution in [0.2, 0.25) is 0 Å². The summed E-state index contributed by atoms with van der Waals surface area (Å²) in [6.07, 6.45) is 1.98. The Morgan fingerprint density at radius 2 is 1.48 bits per heavy atom. The molecular formula is C21H16ClNO2. The molecule has 1 saturated heterocycles. The summed E-state index contributed by atoms with van der Waals surface area (Å²) in [7, 11) is 0. The Balaban J connectivity index is 1.57. The van der Waals surface area contributed by atoms with Gasteiger partial charge in [-0.05, 0) is 16.7 Å². The van der Waals surface area contributed by atoms with Gasteiger partial charge >= 0.3 is 0 Å². The molecule has 4 atom stereocenters. The molecule has 2 amide bonds. The van der Waals surface area contributed by atoms with Crippen molar-refractivity contribution in [2.75, 3.05) is 0 Å². The van der Waals surface area contributed by atoms with Crippen molar-refractivity contribution in [1.82, 2.24) is 4.90 Å². The van der Waals surface area contributed by atoms with Crippen LogP contribution in [-0.2, 0) is 16.1 Å². The summed E-state index contributed by atoms with van der Waals surface area (Å²) in [4.78, 5) is 27.6. The number of halogens is 1. The van der Waals surface area contributed by atoms with E-state index in [-0.39, 0.29) is 35.5 Å². The molecule has 3 aliphatic carbocycles. The summed E-state index contributed by atoms with van der Waals surface area (Å²) in [5.74, 6) is -1.13. The third-order valence-electron chi connectivity index (χ3n) is 5.74. The topological polar surface area (TPSA) is 37.4 Å². The largest absolute Gasteiger partial charge is 0.278 e. The number of carbonyl (C=O) groups is 2. The van der Waals surface area contributed by atoms with E-state index in [1.807, 2.05) is 54.6 Å². The summed E-state index contributed by atoms with van der Waals surface area (Å²) in [6.45, 7) is 0.332. The van der Waals surface area contributed by atoms with Crippen molar-refractivity contribution in [3.05, 3.63) is 82.4 Å². The number of amides is 2. The van der Waals surface area contributed by atoms with Gasteiger partial charge in [-0.15, -0.1) is 0 Å². The average Bonchev–Trinajstić information content (AvgIpc) is 2.89. The molecule has 4 heteroatoms. The van der Waals surface area contributed by atoms with Crippen LogP contribution in [-0.4, -0.2) is 16.7 Å². The van der Waals surface area contributed by atoms with E-state index in [1.54, 1.807) is 0 Å². The number of nitrogens with zero attached hydrogens (tertiary/aromatic N) is 1. The fourth-order valence-electron chi connectivity index (χ4n) is 4.70. The molecule has 0 spiro atoms. The van der Waals surface area contributed by atoms with Crippen LogP contribution in [0.4, 0.5) is 0 Å². The standard InChI is InChI=1S/C21H16ClNO2/c22-16-10-15-13-8-4-5-9-14(13)17(16)19-18(15)20(24)23(21(19)25)11-12-6-2-1-3-7-12/h1-10,15,17-19H,11H2/t15-,17-,18+,19+/m1/s1. The smallest absolute Gasteiger partial charge is 0.234 e. The van der Waals surface area contributed by atoms with E-state index in [1.165, 1.54) is 4.90 Å². The second-order valence-corrected chi connectivity index (χ2v) is 7.42. The van der Waals surface area contributed by atoms with E-state index in [9.17, 15) is 9.59 Å². The number of likely N-dealkylation sites (tertiary alicyclic amines) is 1. The van der Waals surface area contributed by atoms with E-state index in [4.69, 9.17) is 11.6 Å². The molecule has 124 valence electrons. The van der Waals surface area contributed by atoms with Crippen LogP contribution in [0.25, 0.3) is 0 Å². The Morgan fingerprint density at radius 1 is 0.840 bits per heavy atom. The maximum Gasteiger partial charge on any atom is 0.234 e. The minimum absolute atomic E-state index is 0.0660. The molecule has 3 nitrogen and oxygen atoms in total. The van der Waals surface area contributed by atoms with Crippen LogP contribution in [0.3, 0.4) is 0 Å². The molecule has 1 fully saturated rings. The molecule has 2 bridgehead atoms. The maximum absolute atomic E-state index is 13.1. The third-order valence-corrected chi connectivity index (χ3v) is 6.11. The molecule has 0 unspecified atom stereocenters. The van der Waals surface area contributed by atoms with Gasteiger partial charge in [0.25, 0.3) is 0 Å². The number of carbonyl (C=O) groups excluding carboxylic acids is 2. The Hall–Kier alpha value is -2.39. The number of imide groups is 1. The van der Waals surface area contributed by atoms with Crippen LogP contribution in [0.15, 0.2) is 65.7 Å². The lowest BCUT2D eigenvalue weighted by Crippen LogP contribution is -2.38. The summed E-state index contributed by atoms with van der Waals surface area (Å²) < 4.78 is 0.